The zero-order valence-electron chi connectivity index (χ0n) is 8.03. The maximum absolute atomic E-state index is 4.32. The van der Waals surface area contributed by atoms with Gasteiger partial charge in [-0.1, -0.05) is 31.2 Å². The molecule has 0 saturated heterocycles. The SMILES string of the molecule is CC1CC(CCS)c2ccccc21. The first-order chi connectivity index (χ1) is 6.33. The molecular formula is C12H16S. The molecule has 0 saturated carbocycles. The molecule has 0 N–H and O–H groups in total. The first kappa shape index (κ1) is 9.14. The van der Waals surface area contributed by atoms with Crippen molar-refractivity contribution < 1.29 is 0 Å². The molecule has 1 heteroatoms. The van der Waals surface area contributed by atoms with Crippen molar-refractivity contribution in [1.29, 1.82) is 0 Å². The van der Waals surface area contributed by atoms with Crippen LogP contribution in [-0.2, 0) is 0 Å². The van der Waals surface area contributed by atoms with E-state index in [0.29, 0.717) is 0 Å². The van der Waals surface area contributed by atoms with Crippen LogP contribution in [0.4, 0.5) is 0 Å². The summed E-state index contributed by atoms with van der Waals surface area (Å²) in [5.74, 6) is 2.52. The van der Waals surface area contributed by atoms with Gasteiger partial charge in [0.2, 0.25) is 0 Å². The maximum Gasteiger partial charge on any atom is -0.00921 e. The van der Waals surface area contributed by atoms with Crippen molar-refractivity contribution in [1.82, 2.24) is 0 Å². The van der Waals surface area contributed by atoms with E-state index in [-0.39, 0.29) is 0 Å². The summed E-state index contributed by atoms with van der Waals surface area (Å²) in [6.07, 6.45) is 2.55. The van der Waals surface area contributed by atoms with Crippen molar-refractivity contribution >= 4 is 12.6 Å². The molecule has 0 fully saturated rings. The normalized spacial score (nSPS) is 26.0. The highest BCUT2D eigenvalue weighted by Crippen LogP contribution is 2.42. The average molecular weight is 192 g/mol. The van der Waals surface area contributed by atoms with Gasteiger partial charge in [0.05, 0.1) is 0 Å². The van der Waals surface area contributed by atoms with Crippen molar-refractivity contribution in [3.05, 3.63) is 35.4 Å². The fourth-order valence-electron chi connectivity index (χ4n) is 2.44. The van der Waals surface area contributed by atoms with Gasteiger partial charge in [0.15, 0.2) is 0 Å². The molecule has 0 nitrogen and oxygen atoms in total. The highest BCUT2D eigenvalue weighted by Gasteiger charge is 2.26. The number of hydrogen-bond donors (Lipinski definition) is 1. The van der Waals surface area contributed by atoms with Crippen molar-refractivity contribution in [3.8, 4) is 0 Å². The van der Waals surface area contributed by atoms with Gasteiger partial charge in [0, 0.05) is 0 Å². The molecule has 2 rings (SSSR count). The number of hydrogen-bond acceptors (Lipinski definition) is 1. The summed E-state index contributed by atoms with van der Waals surface area (Å²) < 4.78 is 0. The van der Waals surface area contributed by atoms with Crippen LogP contribution >= 0.6 is 12.6 Å². The lowest BCUT2D eigenvalue weighted by molar-refractivity contribution is 0.607. The fourth-order valence-corrected chi connectivity index (χ4v) is 2.75. The Kier molecular flexibility index (Phi) is 2.63. The molecule has 0 spiro atoms. The van der Waals surface area contributed by atoms with E-state index in [0.717, 1.165) is 17.6 Å². The lowest BCUT2D eigenvalue weighted by Crippen LogP contribution is -1.93. The van der Waals surface area contributed by atoms with Crippen LogP contribution in [0.15, 0.2) is 24.3 Å². The lowest BCUT2D eigenvalue weighted by atomic mass is 9.99. The van der Waals surface area contributed by atoms with E-state index in [2.05, 4.69) is 43.8 Å². The molecule has 0 amide bonds. The Morgan fingerprint density at radius 3 is 2.69 bits per heavy atom. The predicted octanol–water partition coefficient (Wildman–Crippen LogP) is 3.60. The molecule has 1 aliphatic carbocycles. The van der Waals surface area contributed by atoms with Crippen LogP contribution in [0, 0.1) is 0 Å². The zero-order chi connectivity index (χ0) is 9.26. The minimum atomic E-state index is 0.751. The Morgan fingerprint density at radius 1 is 1.31 bits per heavy atom. The summed E-state index contributed by atoms with van der Waals surface area (Å²) in [6.45, 7) is 2.33. The summed E-state index contributed by atoms with van der Waals surface area (Å²) in [6, 6.07) is 8.87. The minimum absolute atomic E-state index is 0.751. The third-order valence-corrected chi connectivity index (χ3v) is 3.34. The van der Waals surface area contributed by atoms with Gasteiger partial charge in [0.1, 0.15) is 0 Å². The van der Waals surface area contributed by atoms with Crippen molar-refractivity contribution in [2.45, 2.75) is 31.6 Å². The second kappa shape index (κ2) is 3.75. The second-order valence-corrected chi connectivity index (χ2v) is 4.42. The van der Waals surface area contributed by atoms with Crippen LogP contribution in [0.5, 0.6) is 0 Å². The van der Waals surface area contributed by atoms with Gasteiger partial charge in [-0.25, -0.2) is 0 Å². The molecule has 13 heavy (non-hydrogen) atoms. The molecule has 2 unspecified atom stereocenters. The number of fused-ring (bicyclic) bond motifs is 1. The summed E-state index contributed by atoms with van der Waals surface area (Å²) >= 11 is 4.32. The summed E-state index contributed by atoms with van der Waals surface area (Å²) in [5.41, 5.74) is 3.14. The van der Waals surface area contributed by atoms with Gasteiger partial charge in [-0.2, -0.15) is 12.6 Å². The van der Waals surface area contributed by atoms with E-state index < -0.39 is 0 Å². The van der Waals surface area contributed by atoms with Crippen molar-refractivity contribution in [3.63, 3.8) is 0 Å². The van der Waals surface area contributed by atoms with Crippen LogP contribution in [0.25, 0.3) is 0 Å². The summed E-state index contributed by atoms with van der Waals surface area (Å²) in [5, 5.41) is 0. The molecular weight excluding hydrogens is 176 g/mol. The standard InChI is InChI=1S/C12H16S/c1-9-8-10(6-7-13)12-5-3-2-4-11(9)12/h2-5,9-10,13H,6-8H2,1H3. The van der Waals surface area contributed by atoms with E-state index in [1.165, 1.54) is 12.8 Å². The lowest BCUT2D eigenvalue weighted by Gasteiger charge is -2.08. The van der Waals surface area contributed by atoms with E-state index in [4.69, 9.17) is 0 Å². The Bertz CT molecular complexity index is 293. The van der Waals surface area contributed by atoms with Crippen molar-refractivity contribution in [2.24, 2.45) is 0 Å². The second-order valence-electron chi connectivity index (χ2n) is 3.97. The third kappa shape index (κ3) is 1.62. The maximum atomic E-state index is 4.32. The van der Waals surface area contributed by atoms with Crippen LogP contribution in [0.2, 0.25) is 0 Å². The van der Waals surface area contributed by atoms with E-state index in [1.54, 1.807) is 11.1 Å². The van der Waals surface area contributed by atoms with Crippen molar-refractivity contribution in [2.75, 3.05) is 5.75 Å². The van der Waals surface area contributed by atoms with Crippen LogP contribution in [-0.4, -0.2) is 5.75 Å². The first-order valence-corrected chi connectivity index (χ1v) is 5.66. The Morgan fingerprint density at radius 2 is 2.00 bits per heavy atom. The monoisotopic (exact) mass is 192 g/mol. The van der Waals surface area contributed by atoms with Gasteiger partial charge in [0.25, 0.3) is 0 Å². The Hall–Kier alpha value is -0.430. The van der Waals surface area contributed by atoms with Crippen LogP contribution in [0.1, 0.15) is 42.7 Å². The summed E-state index contributed by atoms with van der Waals surface area (Å²) in [4.78, 5) is 0. The highest BCUT2D eigenvalue weighted by molar-refractivity contribution is 7.80. The summed E-state index contributed by atoms with van der Waals surface area (Å²) in [7, 11) is 0. The predicted molar refractivity (Wildman–Crippen MR) is 60.7 cm³/mol. The quantitative estimate of drug-likeness (QED) is 0.680. The molecule has 1 aliphatic rings. The first-order valence-electron chi connectivity index (χ1n) is 5.02. The fraction of sp³-hybridized carbons (Fsp3) is 0.500. The largest absolute Gasteiger partial charge is 0.179 e. The van der Waals surface area contributed by atoms with Crippen LogP contribution in [0.3, 0.4) is 0 Å². The minimum Gasteiger partial charge on any atom is -0.179 e. The molecule has 0 bridgehead atoms. The van der Waals surface area contributed by atoms with E-state index in [9.17, 15) is 0 Å². The van der Waals surface area contributed by atoms with Gasteiger partial charge in [-0.3, -0.25) is 0 Å². The van der Waals surface area contributed by atoms with Gasteiger partial charge < -0.3 is 0 Å². The molecule has 0 aliphatic heterocycles. The average Bonchev–Trinajstić information content (AvgIpc) is 2.46. The van der Waals surface area contributed by atoms with Crippen LogP contribution < -0.4 is 0 Å². The molecule has 70 valence electrons. The molecule has 0 aromatic heterocycles. The third-order valence-electron chi connectivity index (χ3n) is 3.08. The number of benzene rings is 1. The number of rotatable bonds is 2. The molecule has 1 aromatic rings. The number of thiol groups is 1. The topological polar surface area (TPSA) is 0 Å². The Labute approximate surface area is 85.8 Å². The van der Waals surface area contributed by atoms with E-state index >= 15 is 0 Å². The molecule has 1 aromatic carbocycles. The Balaban J connectivity index is 2.30. The van der Waals surface area contributed by atoms with Gasteiger partial charge in [-0.15, -0.1) is 0 Å². The zero-order valence-corrected chi connectivity index (χ0v) is 8.93. The van der Waals surface area contributed by atoms with E-state index in [1.807, 2.05) is 0 Å². The molecule has 0 radical (unpaired) electrons. The van der Waals surface area contributed by atoms with Gasteiger partial charge in [-0.05, 0) is 41.6 Å². The smallest absolute Gasteiger partial charge is 0.00921 e. The molecule has 2 atom stereocenters. The highest BCUT2D eigenvalue weighted by atomic mass is 32.1. The molecule has 0 heterocycles. The van der Waals surface area contributed by atoms with Gasteiger partial charge >= 0.3 is 0 Å².